The number of anilines is 3. The van der Waals surface area contributed by atoms with Gasteiger partial charge in [0.2, 0.25) is 0 Å². The summed E-state index contributed by atoms with van der Waals surface area (Å²) in [6, 6.07) is 10.4. The van der Waals surface area contributed by atoms with E-state index in [1.807, 2.05) is 24.3 Å². The lowest BCUT2D eigenvalue weighted by Crippen LogP contribution is -2.00. The van der Waals surface area contributed by atoms with Crippen LogP contribution in [0.4, 0.5) is 23.0 Å². The van der Waals surface area contributed by atoms with E-state index < -0.39 is 4.92 Å². The van der Waals surface area contributed by atoms with Gasteiger partial charge < -0.3 is 11.1 Å². The molecule has 1 heterocycles. The Morgan fingerprint density at radius 2 is 2.05 bits per heavy atom. The quantitative estimate of drug-likeness (QED) is 0.656. The molecule has 6 heteroatoms. The SMILES string of the molecule is CC(C)c1cccc(Nc2cc([N+](=O)[O-])cc(N)n2)c1. The Labute approximate surface area is 116 Å². The second-order valence-electron chi connectivity index (χ2n) is 4.80. The van der Waals surface area contributed by atoms with Crippen LogP contribution in [-0.2, 0) is 0 Å². The zero-order valence-corrected chi connectivity index (χ0v) is 11.3. The fraction of sp³-hybridized carbons (Fsp3) is 0.214. The third kappa shape index (κ3) is 3.23. The fourth-order valence-electron chi connectivity index (χ4n) is 1.83. The molecule has 104 valence electrons. The molecule has 0 aliphatic rings. The van der Waals surface area contributed by atoms with Gasteiger partial charge in [-0.3, -0.25) is 10.1 Å². The van der Waals surface area contributed by atoms with Crippen molar-refractivity contribution in [3.8, 4) is 0 Å². The van der Waals surface area contributed by atoms with Crippen molar-refractivity contribution in [3.05, 3.63) is 52.1 Å². The molecule has 0 fully saturated rings. The van der Waals surface area contributed by atoms with Crippen LogP contribution in [-0.4, -0.2) is 9.91 Å². The molecule has 3 N–H and O–H groups in total. The normalized spacial score (nSPS) is 10.6. The van der Waals surface area contributed by atoms with E-state index in [1.54, 1.807) is 0 Å². The van der Waals surface area contributed by atoms with Crippen molar-refractivity contribution in [1.29, 1.82) is 0 Å². The van der Waals surface area contributed by atoms with Crippen LogP contribution in [0.2, 0.25) is 0 Å². The Bertz CT molecular complexity index is 641. The zero-order valence-electron chi connectivity index (χ0n) is 11.3. The number of nitrogens with one attached hydrogen (secondary N) is 1. The molecule has 0 saturated heterocycles. The number of hydrogen-bond acceptors (Lipinski definition) is 5. The first-order valence-electron chi connectivity index (χ1n) is 6.24. The van der Waals surface area contributed by atoms with Crippen molar-refractivity contribution in [2.24, 2.45) is 0 Å². The van der Waals surface area contributed by atoms with Crippen LogP contribution in [0.3, 0.4) is 0 Å². The van der Waals surface area contributed by atoms with Gasteiger partial charge in [-0.05, 0) is 23.6 Å². The highest BCUT2D eigenvalue weighted by Gasteiger charge is 2.10. The predicted molar refractivity (Wildman–Crippen MR) is 79.1 cm³/mol. The van der Waals surface area contributed by atoms with Crippen LogP contribution in [0, 0.1) is 10.1 Å². The minimum absolute atomic E-state index is 0.0833. The first-order chi connectivity index (χ1) is 9.45. The number of hydrogen-bond donors (Lipinski definition) is 2. The molecule has 2 rings (SSSR count). The van der Waals surface area contributed by atoms with Gasteiger partial charge in [-0.2, -0.15) is 0 Å². The monoisotopic (exact) mass is 272 g/mol. The predicted octanol–water partition coefficient (Wildman–Crippen LogP) is 3.44. The molecule has 0 radical (unpaired) electrons. The summed E-state index contributed by atoms with van der Waals surface area (Å²) in [5, 5.41) is 13.8. The molecule has 0 saturated carbocycles. The molecular weight excluding hydrogens is 256 g/mol. The van der Waals surface area contributed by atoms with Crippen molar-refractivity contribution in [3.63, 3.8) is 0 Å². The van der Waals surface area contributed by atoms with Crippen molar-refractivity contribution >= 4 is 23.0 Å². The Kier molecular flexibility index (Phi) is 3.84. The number of nitrogens with two attached hydrogens (primary N) is 1. The highest BCUT2D eigenvalue weighted by Crippen LogP contribution is 2.24. The van der Waals surface area contributed by atoms with Gasteiger partial charge in [0.15, 0.2) is 0 Å². The first-order valence-corrected chi connectivity index (χ1v) is 6.24. The standard InChI is InChI=1S/C14H16N4O2/c1-9(2)10-4-3-5-11(6-10)16-14-8-12(18(19)20)7-13(15)17-14/h3-9H,1-2H3,(H3,15,16,17). The van der Waals surface area contributed by atoms with E-state index in [0.29, 0.717) is 11.7 Å². The summed E-state index contributed by atoms with van der Waals surface area (Å²) in [6.07, 6.45) is 0. The maximum absolute atomic E-state index is 10.8. The Balaban J connectivity index is 2.30. The van der Waals surface area contributed by atoms with Crippen molar-refractivity contribution in [2.45, 2.75) is 19.8 Å². The van der Waals surface area contributed by atoms with E-state index in [1.165, 1.54) is 17.7 Å². The van der Waals surface area contributed by atoms with E-state index in [9.17, 15) is 10.1 Å². The number of benzene rings is 1. The maximum Gasteiger partial charge on any atom is 0.276 e. The molecule has 0 amide bonds. The largest absolute Gasteiger partial charge is 0.383 e. The second-order valence-corrected chi connectivity index (χ2v) is 4.80. The van der Waals surface area contributed by atoms with E-state index >= 15 is 0 Å². The van der Waals surface area contributed by atoms with Gasteiger partial charge in [-0.15, -0.1) is 0 Å². The topological polar surface area (TPSA) is 94.1 Å². The molecule has 2 aromatic rings. The van der Waals surface area contributed by atoms with E-state index in [4.69, 9.17) is 5.73 Å². The maximum atomic E-state index is 10.8. The molecule has 0 unspecified atom stereocenters. The number of nitrogen functional groups attached to an aromatic ring is 1. The van der Waals surface area contributed by atoms with Crippen LogP contribution in [0.1, 0.15) is 25.3 Å². The summed E-state index contributed by atoms with van der Waals surface area (Å²) in [6.45, 7) is 4.20. The molecule has 0 aliphatic heterocycles. The summed E-state index contributed by atoms with van der Waals surface area (Å²) < 4.78 is 0. The van der Waals surface area contributed by atoms with Crippen LogP contribution in [0.25, 0.3) is 0 Å². The molecule has 0 aliphatic carbocycles. The second kappa shape index (κ2) is 5.56. The lowest BCUT2D eigenvalue weighted by molar-refractivity contribution is -0.384. The summed E-state index contributed by atoms with van der Waals surface area (Å²) in [4.78, 5) is 14.4. The van der Waals surface area contributed by atoms with Gasteiger partial charge in [0, 0.05) is 5.69 Å². The van der Waals surface area contributed by atoms with Crippen LogP contribution < -0.4 is 11.1 Å². The molecule has 6 nitrogen and oxygen atoms in total. The smallest absolute Gasteiger partial charge is 0.276 e. The minimum atomic E-state index is -0.492. The van der Waals surface area contributed by atoms with E-state index in [2.05, 4.69) is 24.1 Å². The zero-order chi connectivity index (χ0) is 14.7. The van der Waals surface area contributed by atoms with Crippen LogP contribution in [0.15, 0.2) is 36.4 Å². The summed E-state index contributed by atoms with van der Waals surface area (Å²) in [7, 11) is 0. The molecular formula is C14H16N4O2. The number of nitrogens with zero attached hydrogens (tertiary/aromatic N) is 2. The molecule has 0 spiro atoms. The van der Waals surface area contributed by atoms with E-state index in [0.717, 1.165) is 5.69 Å². The van der Waals surface area contributed by atoms with Gasteiger partial charge in [0.25, 0.3) is 5.69 Å². The van der Waals surface area contributed by atoms with Crippen molar-refractivity contribution < 1.29 is 4.92 Å². The van der Waals surface area contributed by atoms with Gasteiger partial charge in [-0.1, -0.05) is 26.0 Å². The van der Waals surface area contributed by atoms with Gasteiger partial charge in [-0.25, -0.2) is 4.98 Å². The number of aromatic nitrogens is 1. The molecule has 1 aromatic heterocycles. The number of rotatable bonds is 4. The third-order valence-electron chi connectivity index (χ3n) is 2.87. The lowest BCUT2D eigenvalue weighted by atomic mass is 10.0. The third-order valence-corrected chi connectivity index (χ3v) is 2.87. The summed E-state index contributed by atoms with van der Waals surface area (Å²) >= 11 is 0. The van der Waals surface area contributed by atoms with Crippen molar-refractivity contribution in [1.82, 2.24) is 4.98 Å². The highest BCUT2D eigenvalue weighted by atomic mass is 16.6. The van der Waals surface area contributed by atoms with Crippen LogP contribution >= 0.6 is 0 Å². The Morgan fingerprint density at radius 3 is 2.70 bits per heavy atom. The summed E-state index contributed by atoms with van der Waals surface area (Å²) in [5.41, 5.74) is 7.49. The Hall–Kier alpha value is -2.63. The molecule has 0 bridgehead atoms. The van der Waals surface area contributed by atoms with E-state index in [-0.39, 0.29) is 11.5 Å². The average Bonchev–Trinajstić information content (AvgIpc) is 2.38. The first kappa shape index (κ1) is 13.8. The minimum Gasteiger partial charge on any atom is -0.383 e. The summed E-state index contributed by atoms with van der Waals surface area (Å²) in [5.74, 6) is 0.874. The molecule has 1 aromatic carbocycles. The highest BCUT2D eigenvalue weighted by molar-refractivity contribution is 5.62. The number of nitro groups is 1. The average molecular weight is 272 g/mol. The number of pyridine rings is 1. The lowest BCUT2D eigenvalue weighted by Gasteiger charge is -2.10. The van der Waals surface area contributed by atoms with Gasteiger partial charge >= 0.3 is 0 Å². The molecule has 0 atom stereocenters. The van der Waals surface area contributed by atoms with Gasteiger partial charge in [0.05, 0.1) is 17.1 Å². The van der Waals surface area contributed by atoms with Crippen LogP contribution in [0.5, 0.6) is 0 Å². The fourth-order valence-corrected chi connectivity index (χ4v) is 1.83. The molecule has 20 heavy (non-hydrogen) atoms. The van der Waals surface area contributed by atoms with Crippen molar-refractivity contribution in [2.75, 3.05) is 11.1 Å². The Morgan fingerprint density at radius 1 is 1.30 bits per heavy atom. The van der Waals surface area contributed by atoms with Gasteiger partial charge in [0.1, 0.15) is 11.6 Å².